The molecular formula is C13H16N4O4S. The number of aryl methyl sites for hydroxylation is 2. The first-order valence-electron chi connectivity index (χ1n) is 6.52. The highest BCUT2D eigenvalue weighted by molar-refractivity contribution is 7.89. The predicted octanol–water partition coefficient (Wildman–Crippen LogP) is 0.395. The minimum absolute atomic E-state index is 0.0334. The molecule has 2 aromatic heterocycles. The maximum Gasteiger partial charge on any atom is 0.252 e. The van der Waals surface area contributed by atoms with Crippen LogP contribution in [0.4, 0.5) is 0 Å². The minimum atomic E-state index is -3.71. The van der Waals surface area contributed by atoms with Gasteiger partial charge in [0.15, 0.2) is 5.76 Å². The van der Waals surface area contributed by atoms with Crippen LogP contribution in [0.1, 0.15) is 21.8 Å². The van der Waals surface area contributed by atoms with Crippen LogP contribution >= 0.6 is 0 Å². The van der Waals surface area contributed by atoms with Gasteiger partial charge in [0.25, 0.3) is 5.91 Å². The van der Waals surface area contributed by atoms with E-state index < -0.39 is 10.0 Å². The van der Waals surface area contributed by atoms with Crippen LogP contribution in [0, 0.1) is 13.8 Å². The molecule has 0 aliphatic carbocycles. The van der Waals surface area contributed by atoms with Gasteiger partial charge in [-0.15, -0.1) is 0 Å². The van der Waals surface area contributed by atoms with E-state index in [-0.39, 0.29) is 29.7 Å². The Balaban J connectivity index is 1.88. The van der Waals surface area contributed by atoms with Gasteiger partial charge in [0.05, 0.1) is 5.56 Å². The molecule has 0 aliphatic heterocycles. The van der Waals surface area contributed by atoms with Crippen molar-refractivity contribution in [3.8, 4) is 0 Å². The number of amides is 1. The highest BCUT2D eigenvalue weighted by Gasteiger charge is 2.23. The zero-order valence-corrected chi connectivity index (χ0v) is 13.0. The van der Waals surface area contributed by atoms with Crippen molar-refractivity contribution in [2.75, 3.05) is 13.1 Å². The van der Waals surface area contributed by atoms with E-state index in [1.165, 1.54) is 13.1 Å². The van der Waals surface area contributed by atoms with E-state index in [0.717, 1.165) is 0 Å². The van der Waals surface area contributed by atoms with E-state index >= 15 is 0 Å². The van der Waals surface area contributed by atoms with Gasteiger partial charge >= 0.3 is 0 Å². The molecule has 0 radical (unpaired) electrons. The Labute approximate surface area is 128 Å². The van der Waals surface area contributed by atoms with E-state index in [9.17, 15) is 13.2 Å². The molecule has 118 valence electrons. The highest BCUT2D eigenvalue weighted by atomic mass is 32.2. The molecule has 0 saturated carbocycles. The number of carbonyl (C=O) groups is 1. The zero-order chi connectivity index (χ0) is 16.2. The Morgan fingerprint density at radius 2 is 2.09 bits per heavy atom. The lowest BCUT2D eigenvalue weighted by molar-refractivity contribution is 0.0954. The van der Waals surface area contributed by atoms with Crippen LogP contribution in [0.5, 0.6) is 0 Å². The van der Waals surface area contributed by atoms with Crippen molar-refractivity contribution in [2.45, 2.75) is 18.7 Å². The van der Waals surface area contributed by atoms with Crippen molar-refractivity contribution < 1.29 is 17.7 Å². The number of hydrogen-bond acceptors (Lipinski definition) is 6. The van der Waals surface area contributed by atoms with Crippen molar-refractivity contribution in [2.24, 2.45) is 0 Å². The Morgan fingerprint density at radius 3 is 2.68 bits per heavy atom. The van der Waals surface area contributed by atoms with Crippen LogP contribution in [0.25, 0.3) is 0 Å². The van der Waals surface area contributed by atoms with Gasteiger partial charge < -0.3 is 9.84 Å². The molecule has 0 unspecified atom stereocenters. The van der Waals surface area contributed by atoms with E-state index in [1.807, 2.05) is 0 Å². The van der Waals surface area contributed by atoms with E-state index in [4.69, 9.17) is 4.52 Å². The summed E-state index contributed by atoms with van der Waals surface area (Å²) in [7, 11) is -3.71. The second-order valence-corrected chi connectivity index (χ2v) is 6.25. The van der Waals surface area contributed by atoms with Crippen molar-refractivity contribution in [1.29, 1.82) is 0 Å². The first-order chi connectivity index (χ1) is 10.4. The zero-order valence-electron chi connectivity index (χ0n) is 12.2. The van der Waals surface area contributed by atoms with Gasteiger partial charge in [0.2, 0.25) is 10.0 Å². The van der Waals surface area contributed by atoms with Crippen LogP contribution in [-0.2, 0) is 10.0 Å². The summed E-state index contributed by atoms with van der Waals surface area (Å²) in [6, 6.07) is 3.27. The van der Waals surface area contributed by atoms with E-state index in [0.29, 0.717) is 11.3 Å². The summed E-state index contributed by atoms with van der Waals surface area (Å²) in [6.07, 6.45) is 3.00. The average molecular weight is 324 g/mol. The van der Waals surface area contributed by atoms with Gasteiger partial charge in [-0.1, -0.05) is 5.16 Å². The van der Waals surface area contributed by atoms with Crippen LogP contribution in [0.15, 0.2) is 33.9 Å². The number of nitrogens with one attached hydrogen (secondary N) is 2. The van der Waals surface area contributed by atoms with E-state index in [2.05, 4.69) is 20.2 Å². The van der Waals surface area contributed by atoms with Crippen LogP contribution in [-0.4, -0.2) is 37.6 Å². The summed E-state index contributed by atoms with van der Waals surface area (Å²) in [5.74, 6) is -0.0889. The van der Waals surface area contributed by atoms with Gasteiger partial charge in [-0.2, -0.15) is 0 Å². The number of nitrogens with zero attached hydrogens (tertiary/aromatic N) is 2. The molecule has 2 N–H and O–H groups in total. The van der Waals surface area contributed by atoms with Crippen LogP contribution in [0.3, 0.4) is 0 Å². The molecule has 22 heavy (non-hydrogen) atoms. The van der Waals surface area contributed by atoms with Crippen molar-refractivity contribution >= 4 is 15.9 Å². The maximum absolute atomic E-state index is 12.1. The fraction of sp³-hybridized carbons (Fsp3) is 0.308. The molecule has 0 bridgehead atoms. The van der Waals surface area contributed by atoms with Gasteiger partial charge in [-0.05, 0) is 26.0 Å². The maximum atomic E-state index is 12.1. The molecular weight excluding hydrogens is 308 g/mol. The number of hydrogen-bond donors (Lipinski definition) is 2. The third-order valence-corrected chi connectivity index (χ3v) is 4.57. The number of rotatable bonds is 6. The molecule has 0 saturated heterocycles. The van der Waals surface area contributed by atoms with Crippen molar-refractivity contribution in [1.82, 2.24) is 20.2 Å². The molecule has 9 heteroatoms. The molecule has 2 rings (SSSR count). The van der Waals surface area contributed by atoms with E-state index in [1.54, 1.807) is 25.3 Å². The average Bonchev–Trinajstić information content (AvgIpc) is 2.84. The van der Waals surface area contributed by atoms with Crippen molar-refractivity contribution in [3.63, 3.8) is 0 Å². The van der Waals surface area contributed by atoms with Crippen LogP contribution < -0.4 is 10.0 Å². The number of sulfonamides is 1. The molecule has 8 nitrogen and oxygen atoms in total. The Morgan fingerprint density at radius 1 is 1.32 bits per heavy atom. The lowest BCUT2D eigenvalue weighted by atomic mass is 10.3. The topological polar surface area (TPSA) is 114 Å². The summed E-state index contributed by atoms with van der Waals surface area (Å²) in [5.41, 5.74) is 0.709. The second kappa shape index (κ2) is 6.67. The molecule has 0 aromatic carbocycles. The number of aromatic nitrogens is 2. The standard InChI is InChI=1S/C13H16N4O4S/c1-9-12(10(2)21-17-9)22(19,20)16-7-6-15-13(18)11-4-3-5-14-8-11/h3-5,8,16H,6-7H2,1-2H3,(H,15,18). The minimum Gasteiger partial charge on any atom is -0.360 e. The van der Waals surface area contributed by atoms with Gasteiger partial charge in [0, 0.05) is 25.5 Å². The normalized spacial score (nSPS) is 11.4. The summed E-state index contributed by atoms with van der Waals surface area (Å²) < 4.78 is 31.5. The summed E-state index contributed by atoms with van der Waals surface area (Å²) in [4.78, 5) is 15.6. The fourth-order valence-corrected chi connectivity index (χ4v) is 3.25. The largest absolute Gasteiger partial charge is 0.360 e. The fourth-order valence-electron chi connectivity index (χ4n) is 1.89. The predicted molar refractivity (Wildman–Crippen MR) is 77.7 cm³/mol. The van der Waals surface area contributed by atoms with Crippen molar-refractivity contribution in [3.05, 3.63) is 41.5 Å². The molecule has 0 fully saturated rings. The third kappa shape index (κ3) is 3.68. The SMILES string of the molecule is Cc1noc(C)c1S(=O)(=O)NCCNC(=O)c1cccnc1. The van der Waals surface area contributed by atoms with Crippen LogP contribution in [0.2, 0.25) is 0 Å². The monoisotopic (exact) mass is 324 g/mol. The summed E-state index contributed by atoms with van der Waals surface area (Å²) in [6.45, 7) is 3.28. The molecule has 0 atom stereocenters. The van der Waals surface area contributed by atoms with Gasteiger partial charge in [-0.25, -0.2) is 13.1 Å². The number of carbonyl (C=O) groups excluding carboxylic acids is 1. The molecule has 0 aliphatic rings. The summed E-state index contributed by atoms with van der Waals surface area (Å²) in [5, 5.41) is 6.21. The lowest BCUT2D eigenvalue weighted by Gasteiger charge is -2.07. The Hall–Kier alpha value is -2.26. The van der Waals surface area contributed by atoms with Gasteiger partial charge in [-0.3, -0.25) is 9.78 Å². The quantitative estimate of drug-likeness (QED) is 0.743. The Kier molecular flexibility index (Phi) is 4.88. The molecule has 2 heterocycles. The lowest BCUT2D eigenvalue weighted by Crippen LogP contribution is -2.35. The second-order valence-electron chi connectivity index (χ2n) is 4.55. The number of pyridine rings is 1. The third-order valence-electron chi connectivity index (χ3n) is 2.86. The molecule has 1 amide bonds. The smallest absolute Gasteiger partial charge is 0.252 e. The first-order valence-corrected chi connectivity index (χ1v) is 8.01. The first kappa shape index (κ1) is 16.1. The van der Waals surface area contributed by atoms with Gasteiger partial charge in [0.1, 0.15) is 10.6 Å². The highest BCUT2D eigenvalue weighted by Crippen LogP contribution is 2.18. The summed E-state index contributed by atoms with van der Waals surface area (Å²) >= 11 is 0. The molecule has 0 spiro atoms. The molecule has 2 aromatic rings. The Bertz CT molecular complexity index is 736.